The molecule has 21 heavy (non-hydrogen) atoms. The number of benzene rings is 1. The van der Waals surface area contributed by atoms with Gasteiger partial charge in [-0.25, -0.2) is 0 Å². The van der Waals surface area contributed by atoms with Crippen molar-refractivity contribution in [3.8, 4) is 0 Å². The van der Waals surface area contributed by atoms with Gasteiger partial charge in [0, 0.05) is 30.9 Å². The second kappa shape index (κ2) is 8.42. The number of hydrogen-bond acceptors (Lipinski definition) is 2. The molecule has 0 aliphatic carbocycles. The molecule has 0 saturated carbocycles. The van der Waals surface area contributed by atoms with E-state index in [1.54, 1.807) is 4.90 Å². The van der Waals surface area contributed by atoms with E-state index in [1.165, 1.54) is 0 Å². The van der Waals surface area contributed by atoms with Crippen LogP contribution in [0.3, 0.4) is 0 Å². The van der Waals surface area contributed by atoms with Crippen LogP contribution >= 0.6 is 12.2 Å². The molecule has 1 rings (SSSR count). The fourth-order valence-electron chi connectivity index (χ4n) is 1.80. The molecule has 0 heterocycles. The molecule has 0 aliphatic heterocycles. The lowest BCUT2D eigenvalue weighted by Gasteiger charge is -2.18. The molecule has 0 bridgehead atoms. The van der Waals surface area contributed by atoms with Crippen LogP contribution in [0, 0.1) is 0 Å². The van der Waals surface area contributed by atoms with Gasteiger partial charge >= 0.3 is 0 Å². The molecule has 1 aromatic carbocycles. The Bertz CT molecular complexity index is 507. The van der Waals surface area contributed by atoms with Crippen molar-refractivity contribution >= 4 is 28.9 Å². The highest BCUT2D eigenvalue weighted by molar-refractivity contribution is 7.80. The minimum atomic E-state index is 0.0505. The van der Waals surface area contributed by atoms with E-state index >= 15 is 0 Å². The van der Waals surface area contributed by atoms with Gasteiger partial charge in [-0.1, -0.05) is 12.2 Å². The topological polar surface area (TPSA) is 44.4 Å². The normalized spacial score (nSPS) is 9.86. The van der Waals surface area contributed by atoms with Crippen molar-refractivity contribution in [1.82, 2.24) is 10.2 Å². The molecule has 0 aromatic heterocycles. The number of nitrogens with one attached hydrogen (secondary N) is 2. The fourth-order valence-corrected chi connectivity index (χ4v) is 1.99. The molecule has 2 N–H and O–H groups in total. The first-order chi connectivity index (χ1) is 9.97. The summed E-state index contributed by atoms with van der Waals surface area (Å²) in [6.07, 6.45) is 0. The van der Waals surface area contributed by atoms with E-state index in [-0.39, 0.29) is 5.91 Å². The molecule has 0 atom stereocenters. The van der Waals surface area contributed by atoms with Crippen LogP contribution in [-0.2, 0) is 0 Å². The predicted molar refractivity (Wildman–Crippen MR) is 92.7 cm³/mol. The smallest absolute Gasteiger partial charge is 0.253 e. The third kappa shape index (κ3) is 5.55. The Morgan fingerprint density at radius 1 is 1.24 bits per heavy atom. The standard InChI is InChI=1S/C16H23N3OS/c1-5-19(6-2)15(20)13-7-9-14(10-8-13)18-16(21)17-11-12(3)4/h7-10H,3,5-6,11H2,1-2,4H3,(H2,17,18,21). The van der Waals surface area contributed by atoms with Crippen LogP contribution in [0.4, 0.5) is 5.69 Å². The highest BCUT2D eigenvalue weighted by Gasteiger charge is 2.11. The van der Waals surface area contributed by atoms with E-state index in [1.807, 2.05) is 45.0 Å². The van der Waals surface area contributed by atoms with Crippen molar-refractivity contribution in [3.63, 3.8) is 0 Å². The molecular formula is C16H23N3OS. The number of carbonyl (C=O) groups excluding carboxylic acids is 1. The van der Waals surface area contributed by atoms with Gasteiger partial charge < -0.3 is 15.5 Å². The van der Waals surface area contributed by atoms with Gasteiger partial charge in [0.1, 0.15) is 0 Å². The van der Waals surface area contributed by atoms with Gasteiger partial charge in [0.25, 0.3) is 5.91 Å². The second-order valence-corrected chi connectivity index (χ2v) is 5.23. The number of carbonyl (C=O) groups is 1. The Hall–Kier alpha value is -1.88. The van der Waals surface area contributed by atoms with Gasteiger partial charge in [-0.3, -0.25) is 4.79 Å². The molecule has 0 fully saturated rings. The summed E-state index contributed by atoms with van der Waals surface area (Å²) in [5.41, 5.74) is 2.55. The van der Waals surface area contributed by atoms with Crippen LogP contribution in [0.1, 0.15) is 31.1 Å². The zero-order valence-electron chi connectivity index (χ0n) is 12.9. The maximum atomic E-state index is 12.2. The monoisotopic (exact) mass is 305 g/mol. The fraction of sp³-hybridized carbons (Fsp3) is 0.375. The van der Waals surface area contributed by atoms with Gasteiger partial charge in [-0.05, 0) is 57.3 Å². The molecule has 114 valence electrons. The molecule has 0 aliphatic rings. The van der Waals surface area contributed by atoms with Crippen LogP contribution in [-0.4, -0.2) is 35.6 Å². The van der Waals surface area contributed by atoms with Crippen LogP contribution in [0.25, 0.3) is 0 Å². The SMILES string of the molecule is C=C(C)CNC(=S)Nc1ccc(C(=O)N(CC)CC)cc1. The highest BCUT2D eigenvalue weighted by Crippen LogP contribution is 2.11. The Balaban J connectivity index is 2.63. The van der Waals surface area contributed by atoms with Crippen molar-refractivity contribution in [2.75, 3.05) is 25.0 Å². The van der Waals surface area contributed by atoms with Crippen LogP contribution in [0.2, 0.25) is 0 Å². The van der Waals surface area contributed by atoms with Gasteiger partial charge in [0.05, 0.1) is 0 Å². The first kappa shape index (κ1) is 17.2. The summed E-state index contributed by atoms with van der Waals surface area (Å²) in [4.78, 5) is 14.0. The summed E-state index contributed by atoms with van der Waals surface area (Å²) in [5.74, 6) is 0.0505. The van der Waals surface area contributed by atoms with Crippen LogP contribution < -0.4 is 10.6 Å². The number of amides is 1. The third-order valence-electron chi connectivity index (χ3n) is 2.99. The van der Waals surface area contributed by atoms with Crippen molar-refractivity contribution < 1.29 is 4.79 Å². The summed E-state index contributed by atoms with van der Waals surface area (Å²) in [7, 11) is 0. The van der Waals surface area contributed by atoms with Crippen molar-refractivity contribution in [2.45, 2.75) is 20.8 Å². The summed E-state index contributed by atoms with van der Waals surface area (Å²) in [5, 5.41) is 6.67. The number of hydrogen-bond donors (Lipinski definition) is 2. The van der Waals surface area contributed by atoms with E-state index in [0.717, 1.165) is 11.3 Å². The van der Waals surface area contributed by atoms with Crippen LogP contribution in [0.5, 0.6) is 0 Å². The average Bonchev–Trinajstić information content (AvgIpc) is 2.47. The van der Waals surface area contributed by atoms with Gasteiger partial charge in [0.15, 0.2) is 5.11 Å². The number of anilines is 1. The lowest BCUT2D eigenvalue weighted by Crippen LogP contribution is -2.30. The number of rotatable bonds is 6. The second-order valence-electron chi connectivity index (χ2n) is 4.82. The molecule has 0 saturated heterocycles. The summed E-state index contributed by atoms with van der Waals surface area (Å²) in [6.45, 7) is 11.8. The lowest BCUT2D eigenvalue weighted by molar-refractivity contribution is 0.0773. The Kier molecular flexibility index (Phi) is 6.88. The van der Waals surface area contributed by atoms with E-state index < -0.39 is 0 Å². The van der Waals surface area contributed by atoms with Crippen molar-refractivity contribution in [3.05, 3.63) is 42.0 Å². The largest absolute Gasteiger partial charge is 0.359 e. The Morgan fingerprint density at radius 3 is 2.29 bits per heavy atom. The summed E-state index contributed by atoms with van der Waals surface area (Å²) < 4.78 is 0. The molecule has 0 unspecified atom stereocenters. The molecule has 1 amide bonds. The Labute approximate surface area is 132 Å². The van der Waals surface area contributed by atoms with Gasteiger partial charge in [-0.2, -0.15) is 0 Å². The van der Waals surface area contributed by atoms with Crippen molar-refractivity contribution in [1.29, 1.82) is 0 Å². The molecule has 4 nitrogen and oxygen atoms in total. The Morgan fingerprint density at radius 2 is 1.81 bits per heavy atom. The van der Waals surface area contributed by atoms with Crippen molar-refractivity contribution in [2.24, 2.45) is 0 Å². The number of nitrogens with zero attached hydrogens (tertiary/aromatic N) is 1. The predicted octanol–water partition coefficient (Wildman–Crippen LogP) is 3.03. The van der Waals surface area contributed by atoms with E-state index in [0.29, 0.717) is 30.3 Å². The van der Waals surface area contributed by atoms with E-state index in [4.69, 9.17) is 12.2 Å². The maximum Gasteiger partial charge on any atom is 0.253 e. The van der Waals surface area contributed by atoms with Gasteiger partial charge in [-0.15, -0.1) is 0 Å². The number of thiocarbonyl (C=S) groups is 1. The van der Waals surface area contributed by atoms with E-state index in [9.17, 15) is 4.79 Å². The summed E-state index contributed by atoms with van der Waals surface area (Å²) >= 11 is 5.18. The highest BCUT2D eigenvalue weighted by atomic mass is 32.1. The third-order valence-corrected chi connectivity index (χ3v) is 3.24. The first-order valence-corrected chi connectivity index (χ1v) is 7.47. The zero-order chi connectivity index (χ0) is 15.8. The molecule has 0 spiro atoms. The average molecular weight is 305 g/mol. The quantitative estimate of drug-likeness (QED) is 0.626. The zero-order valence-corrected chi connectivity index (χ0v) is 13.7. The first-order valence-electron chi connectivity index (χ1n) is 7.06. The molecule has 0 radical (unpaired) electrons. The lowest BCUT2D eigenvalue weighted by atomic mass is 10.2. The molecule has 5 heteroatoms. The van der Waals surface area contributed by atoms with Gasteiger partial charge in [0.2, 0.25) is 0 Å². The molecule has 1 aromatic rings. The van der Waals surface area contributed by atoms with Crippen LogP contribution in [0.15, 0.2) is 36.4 Å². The maximum absolute atomic E-state index is 12.2. The minimum absolute atomic E-state index is 0.0505. The molecular weight excluding hydrogens is 282 g/mol. The minimum Gasteiger partial charge on any atom is -0.359 e. The van der Waals surface area contributed by atoms with E-state index in [2.05, 4.69) is 17.2 Å². The summed E-state index contributed by atoms with van der Waals surface area (Å²) in [6, 6.07) is 7.33.